The average Bonchev–Trinajstić information content (AvgIpc) is 3.11. The Bertz CT molecular complexity index is 744. The smallest absolute Gasteiger partial charge is 0.231 e. The topological polar surface area (TPSA) is 36.9 Å². The van der Waals surface area contributed by atoms with E-state index in [1.54, 1.807) is 7.11 Å². The number of halogens is 1. The van der Waals surface area contributed by atoms with Gasteiger partial charge < -0.3 is 18.9 Å². The van der Waals surface area contributed by atoms with Crippen molar-refractivity contribution >= 4 is 22.6 Å². The minimum Gasteiger partial charge on any atom is -0.493 e. The number of methoxy groups -OCH3 is 1. The second-order valence-corrected chi connectivity index (χ2v) is 6.71. The molecule has 2 aromatic rings. The Kier molecular flexibility index (Phi) is 3.32. The van der Waals surface area contributed by atoms with E-state index in [2.05, 4.69) is 35.6 Å². The van der Waals surface area contributed by atoms with Crippen LogP contribution in [-0.2, 0) is 0 Å². The predicted octanol–water partition coefficient (Wildman–Crippen LogP) is 4.27. The highest BCUT2D eigenvalue weighted by Gasteiger charge is 2.35. The van der Waals surface area contributed by atoms with Crippen molar-refractivity contribution in [3.8, 4) is 23.0 Å². The highest BCUT2D eigenvalue weighted by molar-refractivity contribution is 14.1. The summed E-state index contributed by atoms with van der Waals surface area (Å²) in [6, 6.07) is 10.1. The van der Waals surface area contributed by atoms with Crippen molar-refractivity contribution in [1.29, 1.82) is 0 Å². The zero-order valence-corrected chi connectivity index (χ0v) is 14.4. The van der Waals surface area contributed by atoms with Gasteiger partial charge in [0.2, 0.25) is 6.79 Å². The Morgan fingerprint density at radius 3 is 2.77 bits per heavy atom. The van der Waals surface area contributed by atoms with Crippen LogP contribution in [0.25, 0.3) is 0 Å². The molecular formula is C17H15IO4. The van der Waals surface area contributed by atoms with Gasteiger partial charge in [-0.2, -0.15) is 0 Å². The van der Waals surface area contributed by atoms with Gasteiger partial charge in [0.15, 0.2) is 23.0 Å². The minimum atomic E-state index is -0.0448. The number of rotatable bonds is 2. The molecule has 0 unspecified atom stereocenters. The van der Waals surface area contributed by atoms with E-state index in [1.165, 1.54) is 5.56 Å². The van der Waals surface area contributed by atoms with Crippen molar-refractivity contribution in [2.24, 2.45) is 0 Å². The Morgan fingerprint density at radius 1 is 1.14 bits per heavy atom. The average molecular weight is 410 g/mol. The van der Waals surface area contributed by atoms with E-state index < -0.39 is 0 Å². The molecule has 0 saturated carbocycles. The highest BCUT2D eigenvalue weighted by Crippen LogP contribution is 2.51. The third-order valence-electron chi connectivity index (χ3n) is 4.18. The molecule has 2 aliphatic rings. The molecule has 0 N–H and O–H groups in total. The number of benzene rings is 2. The summed E-state index contributed by atoms with van der Waals surface area (Å²) >= 11 is 2.31. The number of fused-ring (bicyclic) bond motifs is 2. The molecule has 0 saturated heterocycles. The third kappa shape index (κ3) is 2.10. The molecule has 0 fully saturated rings. The lowest BCUT2D eigenvalue weighted by molar-refractivity contribution is 0.173. The first-order valence-electron chi connectivity index (χ1n) is 7.11. The molecule has 4 rings (SSSR count). The fourth-order valence-electron chi connectivity index (χ4n) is 3.04. The maximum Gasteiger partial charge on any atom is 0.231 e. The molecule has 0 amide bonds. The Labute approximate surface area is 142 Å². The summed E-state index contributed by atoms with van der Waals surface area (Å²) in [6.45, 7) is 2.46. The zero-order chi connectivity index (χ0) is 15.3. The van der Waals surface area contributed by atoms with Gasteiger partial charge in [-0.05, 0) is 52.4 Å². The van der Waals surface area contributed by atoms with Crippen LogP contribution in [0.3, 0.4) is 0 Å². The summed E-state index contributed by atoms with van der Waals surface area (Å²) in [4.78, 5) is 0. The summed E-state index contributed by atoms with van der Waals surface area (Å²) in [5.41, 5.74) is 2.27. The lowest BCUT2D eigenvalue weighted by Gasteiger charge is -2.16. The van der Waals surface area contributed by atoms with Gasteiger partial charge >= 0.3 is 0 Å². The lowest BCUT2D eigenvalue weighted by Crippen LogP contribution is -2.07. The van der Waals surface area contributed by atoms with E-state index >= 15 is 0 Å². The molecule has 0 spiro atoms. The largest absolute Gasteiger partial charge is 0.493 e. The van der Waals surface area contributed by atoms with Crippen LogP contribution in [0.5, 0.6) is 23.0 Å². The normalized spacial score (nSPS) is 21.4. The maximum atomic E-state index is 6.22. The van der Waals surface area contributed by atoms with Gasteiger partial charge in [0.25, 0.3) is 0 Å². The van der Waals surface area contributed by atoms with Gasteiger partial charge in [0.1, 0.15) is 6.10 Å². The van der Waals surface area contributed by atoms with Gasteiger partial charge in [0.05, 0.1) is 7.11 Å². The Balaban J connectivity index is 1.74. The highest BCUT2D eigenvalue weighted by atomic mass is 127. The predicted molar refractivity (Wildman–Crippen MR) is 90.1 cm³/mol. The maximum absolute atomic E-state index is 6.22. The summed E-state index contributed by atoms with van der Waals surface area (Å²) in [6.07, 6.45) is -0.0448. The van der Waals surface area contributed by atoms with E-state index in [1.807, 2.05) is 24.3 Å². The van der Waals surface area contributed by atoms with Crippen LogP contribution in [0.2, 0.25) is 0 Å². The van der Waals surface area contributed by atoms with E-state index in [0.29, 0.717) is 0 Å². The summed E-state index contributed by atoms with van der Waals surface area (Å²) in [7, 11) is 1.67. The van der Waals surface area contributed by atoms with E-state index in [9.17, 15) is 0 Å². The molecule has 114 valence electrons. The van der Waals surface area contributed by atoms with E-state index in [4.69, 9.17) is 18.9 Å². The summed E-state index contributed by atoms with van der Waals surface area (Å²) in [5.74, 6) is 3.46. The molecule has 2 aliphatic heterocycles. The SMILES string of the molecule is COc1cc(I)cc2c1O[C@H](c1ccc3c(c1)OCO3)[C@H]2C. The van der Waals surface area contributed by atoms with E-state index in [-0.39, 0.29) is 18.8 Å². The second kappa shape index (κ2) is 5.22. The Hall–Kier alpha value is -1.63. The second-order valence-electron chi connectivity index (χ2n) is 5.47. The van der Waals surface area contributed by atoms with Crippen molar-refractivity contribution in [3.05, 3.63) is 45.0 Å². The summed E-state index contributed by atoms with van der Waals surface area (Å²) in [5, 5.41) is 0. The van der Waals surface area contributed by atoms with Gasteiger partial charge in [-0.25, -0.2) is 0 Å². The summed E-state index contributed by atoms with van der Waals surface area (Å²) < 4.78 is 23.7. The fraction of sp³-hybridized carbons (Fsp3) is 0.294. The molecule has 0 radical (unpaired) electrons. The molecule has 2 aromatic carbocycles. The van der Waals surface area contributed by atoms with Crippen LogP contribution in [0, 0.1) is 3.57 Å². The first-order valence-corrected chi connectivity index (χ1v) is 8.19. The van der Waals surface area contributed by atoms with Crippen LogP contribution in [0.1, 0.15) is 30.1 Å². The van der Waals surface area contributed by atoms with Crippen molar-refractivity contribution < 1.29 is 18.9 Å². The fourth-order valence-corrected chi connectivity index (χ4v) is 3.66. The van der Waals surface area contributed by atoms with Gasteiger partial charge in [-0.15, -0.1) is 0 Å². The van der Waals surface area contributed by atoms with Crippen LogP contribution in [0.15, 0.2) is 30.3 Å². The molecule has 2 atom stereocenters. The quantitative estimate of drug-likeness (QED) is 0.694. The van der Waals surface area contributed by atoms with Crippen LogP contribution in [-0.4, -0.2) is 13.9 Å². The zero-order valence-electron chi connectivity index (χ0n) is 12.3. The van der Waals surface area contributed by atoms with Crippen LogP contribution < -0.4 is 18.9 Å². The van der Waals surface area contributed by atoms with Gasteiger partial charge in [0, 0.05) is 15.1 Å². The molecule has 22 heavy (non-hydrogen) atoms. The van der Waals surface area contributed by atoms with Crippen molar-refractivity contribution in [2.45, 2.75) is 18.9 Å². The molecule has 0 bridgehead atoms. The molecule has 2 heterocycles. The molecule has 4 nitrogen and oxygen atoms in total. The minimum absolute atomic E-state index is 0.0448. The Morgan fingerprint density at radius 2 is 1.95 bits per heavy atom. The van der Waals surface area contributed by atoms with Crippen molar-refractivity contribution in [2.75, 3.05) is 13.9 Å². The number of hydrogen-bond acceptors (Lipinski definition) is 4. The molecule has 5 heteroatoms. The first-order chi connectivity index (χ1) is 10.7. The number of hydrogen-bond donors (Lipinski definition) is 0. The van der Waals surface area contributed by atoms with Crippen LogP contribution >= 0.6 is 22.6 Å². The molecular weight excluding hydrogens is 395 g/mol. The third-order valence-corrected chi connectivity index (χ3v) is 4.81. The van der Waals surface area contributed by atoms with Crippen molar-refractivity contribution in [1.82, 2.24) is 0 Å². The number of ether oxygens (including phenoxy) is 4. The van der Waals surface area contributed by atoms with Gasteiger partial charge in [-0.1, -0.05) is 13.0 Å². The van der Waals surface area contributed by atoms with E-state index in [0.717, 1.165) is 32.1 Å². The first kappa shape index (κ1) is 14.0. The monoisotopic (exact) mass is 410 g/mol. The standard InChI is InChI=1S/C17H15IO4/c1-9-12-6-11(18)7-15(19-2)17(12)22-16(9)10-3-4-13-14(5-10)21-8-20-13/h3-7,9,16H,8H2,1-2H3/t9-,16-/m0/s1. The lowest BCUT2D eigenvalue weighted by atomic mass is 9.92. The molecule has 0 aromatic heterocycles. The molecule has 0 aliphatic carbocycles. The van der Waals surface area contributed by atoms with Crippen molar-refractivity contribution in [3.63, 3.8) is 0 Å². The van der Waals surface area contributed by atoms with Crippen LogP contribution in [0.4, 0.5) is 0 Å². The van der Waals surface area contributed by atoms with Gasteiger partial charge in [-0.3, -0.25) is 0 Å².